The van der Waals surface area contributed by atoms with Crippen molar-refractivity contribution < 1.29 is 80.2 Å². The SMILES string of the molecule is CCC(C)CCCCCCCCCCC(=O)O[C@H](COC(=O)CCCCCCCCCCCCC(C)C)COP(=O)(O)OCC(O)COP(=O)(O)OC[C@@H](COC(=O)CCCCCCCCCCC(C)C)OC(=O)CCCCCCCCCCCC(C)C. The van der Waals surface area contributed by atoms with E-state index in [1.807, 2.05) is 0 Å². The van der Waals surface area contributed by atoms with Crippen molar-refractivity contribution in [2.45, 2.75) is 356 Å². The van der Waals surface area contributed by atoms with Crippen LogP contribution in [-0.4, -0.2) is 96.7 Å². The van der Waals surface area contributed by atoms with Gasteiger partial charge in [-0.05, 0) is 49.4 Å². The molecule has 6 atom stereocenters. The molecule has 88 heavy (non-hydrogen) atoms. The molecule has 0 aliphatic rings. The molecule has 0 aromatic carbocycles. The van der Waals surface area contributed by atoms with Crippen molar-refractivity contribution in [3.63, 3.8) is 0 Å². The van der Waals surface area contributed by atoms with Crippen molar-refractivity contribution in [1.29, 1.82) is 0 Å². The fourth-order valence-corrected chi connectivity index (χ4v) is 11.9. The number of hydrogen-bond acceptors (Lipinski definition) is 15. The summed E-state index contributed by atoms with van der Waals surface area (Å²) in [4.78, 5) is 72.5. The molecule has 0 fully saturated rings. The topological polar surface area (TPSA) is 237 Å². The Bertz CT molecular complexity index is 1750. The molecule has 0 radical (unpaired) electrons. The predicted molar refractivity (Wildman–Crippen MR) is 354 cm³/mol. The summed E-state index contributed by atoms with van der Waals surface area (Å²) in [5, 5.41) is 10.6. The van der Waals surface area contributed by atoms with E-state index in [1.54, 1.807) is 0 Å². The van der Waals surface area contributed by atoms with Gasteiger partial charge in [0.15, 0.2) is 12.2 Å². The van der Waals surface area contributed by atoms with Crippen LogP contribution in [-0.2, 0) is 65.4 Å². The number of phosphoric ester groups is 2. The first-order chi connectivity index (χ1) is 42.1. The fraction of sp³-hybridized carbons (Fsp3) is 0.942. The lowest BCUT2D eigenvalue weighted by molar-refractivity contribution is -0.161. The predicted octanol–water partition coefficient (Wildman–Crippen LogP) is 19.3. The Labute approximate surface area is 537 Å². The van der Waals surface area contributed by atoms with Crippen LogP contribution in [0.25, 0.3) is 0 Å². The highest BCUT2D eigenvalue weighted by Gasteiger charge is 2.30. The van der Waals surface area contributed by atoms with Gasteiger partial charge in [0.05, 0.1) is 26.4 Å². The number of rotatable bonds is 66. The van der Waals surface area contributed by atoms with Gasteiger partial charge in [0.25, 0.3) is 0 Å². The summed E-state index contributed by atoms with van der Waals surface area (Å²) in [6.45, 7) is 14.1. The Balaban J connectivity index is 5.27. The van der Waals surface area contributed by atoms with Gasteiger partial charge >= 0.3 is 39.5 Å². The van der Waals surface area contributed by atoms with Crippen LogP contribution >= 0.6 is 15.6 Å². The Morgan fingerprint density at radius 2 is 0.545 bits per heavy atom. The summed E-state index contributed by atoms with van der Waals surface area (Å²) in [7, 11) is -9.90. The second-order valence-electron chi connectivity index (χ2n) is 26.6. The summed E-state index contributed by atoms with van der Waals surface area (Å²) in [5.74, 6) is 0.858. The van der Waals surface area contributed by atoms with Gasteiger partial charge in [0.2, 0.25) is 0 Å². The van der Waals surface area contributed by atoms with Crippen molar-refractivity contribution in [2.24, 2.45) is 23.7 Å². The maximum absolute atomic E-state index is 13.0. The maximum atomic E-state index is 13.0. The minimum absolute atomic E-state index is 0.104. The summed E-state index contributed by atoms with van der Waals surface area (Å²) >= 11 is 0. The first-order valence-corrected chi connectivity index (χ1v) is 38.7. The van der Waals surface area contributed by atoms with Crippen LogP contribution in [0.4, 0.5) is 0 Å². The minimum Gasteiger partial charge on any atom is -0.462 e. The summed E-state index contributed by atoms with van der Waals surface area (Å²) in [5.41, 5.74) is 0. The number of esters is 4. The van der Waals surface area contributed by atoms with E-state index in [4.69, 9.17) is 37.0 Å². The van der Waals surface area contributed by atoms with E-state index in [-0.39, 0.29) is 25.7 Å². The molecular weight excluding hydrogens is 1160 g/mol. The van der Waals surface area contributed by atoms with Crippen molar-refractivity contribution >= 4 is 39.5 Å². The average Bonchev–Trinajstić information content (AvgIpc) is 3.70. The third-order valence-electron chi connectivity index (χ3n) is 16.2. The molecule has 522 valence electrons. The number of hydrogen-bond donors (Lipinski definition) is 3. The van der Waals surface area contributed by atoms with Crippen molar-refractivity contribution in [3.05, 3.63) is 0 Å². The van der Waals surface area contributed by atoms with E-state index in [1.165, 1.54) is 141 Å². The molecule has 0 rings (SSSR count). The van der Waals surface area contributed by atoms with Crippen LogP contribution in [0.15, 0.2) is 0 Å². The number of aliphatic hydroxyl groups excluding tert-OH is 1. The Kier molecular flexibility index (Phi) is 57.6. The van der Waals surface area contributed by atoms with Crippen LogP contribution in [0.5, 0.6) is 0 Å². The van der Waals surface area contributed by atoms with Gasteiger partial charge in [-0.15, -0.1) is 0 Å². The molecular formula is C69H134O17P2. The normalized spacial score (nSPS) is 14.6. The van der Waals surface area contributed by atoms with Gasteiger partial charge in [0.1, 0.15) is 19.3 Å². The molecule has 0 aromatic rings. The van der Waals surface area contributed by atoms with Gasteiger partial charge in [0, 0.05) is 25.7 Å². The molecule has 0 aliphatic heterocycles. The zero-order valence-corrected chi connectivity index (χ0v) is 59.1. The number of carbonyl (C=O) groups excluding carboxylic acids is 4. The molecule has 0 heterocycles. The largest absolute Gasteiger partial charge is 0.472 e. The molecule has 0 saturated carbocycles. The van der Waals surface area contributed by atoms with Crippen LogP contribution in [0.1, 0.15) is 338 Å². The molecule has 0 amide bonds. The summed E-state index contributed by atoms with van der Waals surface area (Å²) in [6, 6.07) is 0. The van der Waals surface area contributed by atoms with E-state index < -0.39 is 97.5 Å². The van der Waals surface area contributed by atoms with Gasteiger partial charge in [-0.25, -0.2) is 9.13 Å². The van der Waals surface area contributed by atoms with Crippen LogP contribution in [0.2, 0.25) is 0 Å². The molecule has 0 bridgehead atoms. The Morgan fingerprint density at radius 1 is 0.318 bits per heavy atom. The molecule has 0 aliphatic carbocycles. The van der Waals surface area contributed by atoms with Crippen LogP contribution in [0.3, 0.4) is 0 Å². The number of aliphatic hydroxyl groups is 1. The van der Waals surface area contributed by atoms with Crippen molar-refractivity contribution in [1.82, 2.24) is 0 Å². The van der Waals surface area contributed by atoms with Gasteiger partial charge in [-0.2, -0.15) is 0 Å². The lowest BCUT2D eigenvalue weighted by Gasteiger charge is -2.21. The monoisotopic (exact) mass is 1300 g/mol. The van der Waals surface area contributed by atoms with E-state index in [0.717, 1.165) is 114 Å². The highest BCUT2D eigenvalue weighted by Crippen LogP contribution is 2.45. The van der Waals surface area contributed by atoms with Gasteiger partial charge in [-0.1, -0.05) is 287 Å². The fourth-order valence-electron chi connectivity index (χ4n) is 10.3. The van der Waals surface area contributed by atoms with Crippen LogP contribution < -0.4 is 0 Å². The second-order valence-corrected chi connectivity index (χ2v) is 29.5. The minimum atomic E-state index is -4.95. The molecule has 19 heteroatoms. The summed E-state index contributed by atoms with van der Waals surface area (Å²) < 4.78 is 68.2. The highest BCUT2D eigenvalue weighted by atomic mass is 31.2. The second kappa shape index (κ2) is 58.8. The smallest absolute Gasteiger partial charge is 0.462 e. The van der Waals surface area contributed by atoms with Gasteiger partial charge < -0.3 is 33.8 Å². The van der Waals surface area contributed by atoms with E-state index in [0.29, 0.717) is 25.7 Å². The number of phosphoric acid groups is 2. The van der Waals surface area contributed by atoms with Gasteiger partial charge in [-0.3, -0.25) is 37.3 Å². The summed E-state index contributed by atoms with van der Waals surface area (Å²) in [6.07, 6.45) is 40.3. The molecule has 0 aromatic heterocycles. The lowest BCUT2D eigenvalue weighted by atomic mass is 9.99. The molecule has 0 saturated heterocycles. The van der Waals surface area contributed by atoms with E-state index in [9.17, 15) is 43.2 Å². The van der Waals surface area contributed by atoms with Crippen molar-refractivity contribution in [3.8, 4) is 0 Å². The quantitative estimate of drug-likeness (QED) is 0.0222. The Hall–Kier alpha value is -1.94. The van der Waals surface area contributed by atoms with E-state index >= 15 is 0 Å². The lowest BCUT2D eigenvalue weighted by Crippen LogP contribution is -2.30. The van der Waals surface area contributed by atoms with Crippen molar-refractivity contribution in [2.75, 3.05) is 39.6 Å². The Morgan fingerprint density at radius 3 is 0.807 bits per heavy atom. The number of unbranched alkanes of at least 4 members (excludes halogenated alkanes) is 31. The van der Waals surface area contributed by atoms with E-state index in [2.05, 4.69) is 55.4 Å². The molecule has 4 unspecified atom stereocenters. The molecule has 17 nitrogen and oxygen atoms in total. The first kappa shape index (κ1) is 86.1. The zero-order chi connectivity index (χ0) is 65.4. The third kappa shape index (κ3) is 61.6. The molecule has 0 spiro atoms. The third-order valence-corrected chi connectivity index (χ3v) is 18.1. The first-order valence-electron chi connectivity index (χ1n) is 35.7. The standard InChI is InChI=1S/C69H134O17P2/c1-9-62(8)48-40-32-24-18-20-28-36-44-52-69(74)86-65(55-79-66(71)49-41-33-25-15-11-10-13-21-29-37-45-59(2)3)58-84-88(77,78)82-54-63(70)53-81-87(75,76)83-57-64(56-80-67(72)50-42-34-26-19-17-23-31-39-47-61(6)7)85-68(73)51-43-35-27-16-12-14-22-30-38-46-60(4)5/h59-65,70H,9-58H2,1-8H3,(H,75,76)(H,77,78)/t62?,63?,64-,65-/m1/s1. The maximum Gasteiger partial charge on any atom is 0.472 e. The number of carbonyl (C=O) groups is 4. The number of ether oxygens (including phenoxy) is 4. The van der Waals surface area contributed by atoms with Crippen LogP contribution in [0, 0.1) is 23.7 Å². The average molecular weight is 1300 g/mol. The zero-order valence-electron chi connectivity index (χ0n) is 57.3. The highest BCUT2D eigenvalue weighted by molar-refractivity contribution is 7.47. The molecule has 3 N–H and O–H groups in total.